The zero-order valence-electron chi connectivity index (χ0n) is 9.71. The molecule has 1 aromatic heterocycles. The lowest BCUT2D eigenvalue weighted by Crippen LogP contribution is -2.22. The van der Waals surface area contributed by atoms with E-state index in [-0.39, 0.29) is 11.9 Å². The van der Waals surface area contributed by atoms with Crippen LogP contribution in [0.3, 0.4) is 0 Å². The molecule has 0 aliphatic rings. The van der Waals surface area contributed by atoms with Crippen LogP contribution in [0.5, 0.6) is 0 Å². The molecule has 1 nitrogen and oxygen atoms in total. The number of thiophene rings is 1. The molecule has 0 aliphatic heterocycles. The lowest BCUT2D eigenvalue weighted by molar-refractivity contribution is 0.562. The zero-order chi connectivity index (χ0) is 13.1. The summed E-state index contributed by atoms with van der Waals surface area (Å²) in [7, 11) is 0. The van der Waals surface area contributed by atoms with E-state index in [9.17, 15) is 4.39 Å². The number of hydrogen-bond acceptors (Lipinski definition) is 2. The van der Waals surface area contributed by atoms with E-state index in [2.05, 4.69) is 21.2 Å². The molecule has 2 rings (SSSR count). The van der Waals surface area contributed by atoms with E-state index in [0.717, 1.165) is 15.9 Å². The Labute approximate surface area is 123 Å². The average Bonchev–Trinajstić information content (AvgIpc) is 2.76. The molecule has 0 aliphatic carbocycles. The van der Waals surface area contributed by atoms with E-state index in [1.165, 1.54) is 6.07 Å². The van der Waals surface area contributed by atoms with Crippen LogP contribution in [0.15, 0.2) is 34.1 Å². The van der Waals surface area contributed by atoms with Crippen LogP contribution >= 0.6 is 38.9 Å². The van der Waals surface area contributed by atoms with Gasteiger partial charge in [0.2, 0.25) is 0 Å². The van der Waals surface area contributed by atoms with Crippen LogP contribution in [0.2, 0.25) is 5.02 Å². The second kappa shape index (κ2) is 6.15. The summed E-state index contributed by atoms with van der Waals surface area (Å²) in [5.41, 5.74) is 0.576. The largest absolute Gasteiger partial charge is 0.306 e. The molecule has 0 saturated carbocycles. The molecule has 0 spiro atoms. The van der Waals surface area contributed by atoms with Crippen LogP contribution in [0.25, 0.3) is 0 Å². The van der Waals surface area contributed by atoms with Crippen molar-refractivity contribution in [1.29, 1.82) is 0 Å². The molecule has 1 aromatic carbocycles. The van der Waals surface area contributed by atoms with E-state index in [0.29, 0.717) is 10.6 Å². The lowest BCUT2D eigenvalue weighted by Gasteiger charge is -2.18. The van der Waals surface area contributed by atoms with Crippen LogP contribution in [-0.4, -0.2) is 6.54 Å². The van der Waals surface area contributed by atoms with Crippen molar-refractivity contribution in [3.05, 3.63) is 55.4 Å². The molecule has 1 heterocycles. The minimum absolute atomic E-state index is 0.178. The van der Waals surface area contributed by atoms with Crippen LogP contribution in [0.4, 0.5) is 4.39 Å². The monoisotopic (exact) mass is 347 g/mol. The first-order valence-corrected chi connectivity index (χ1v) is 7.59. The van der Waals surface area contributed by atoms with Crippen LogP contribution in [0.1, 0.15) is 23.4 Å². The fourth-order valence-electron chi connectivity index (χ4n) is 1.80. The van der Waals surface area contributed by atoms with Gasteiger partial charge in [-0.25, -0.2) is 4.39 Å². The van der Waals surface area contributed by atoms with E-state index in [4.69, 9.17) is 11.6 Å². The highest BCUT2D eigenvalue weighted by atomic mass is 79.9. The molecule has 0 amide bonds. The van der Waals surface area contributed by atoms with Gasteiger partial charge in [0.1, 0.15) is 5.82 Å². The molecule has 0 saturated heterocycles. The summed E-state index contributed by atoms with van der Waals surface area (Å²) in [6.45, 7) is 2.75. The summed E-state index contributed by atoms with van der Waals surface area (Å²) < 4.78 is 14.9. The number of benzene rings is 1. The molecular weight excluding hydrogens is 337 g/mol. The van der Waals surface area contributed by atoms with E-state index in [1.807, 2.05) is 18.4 Å². The summed E-state index contributed by atoms with van der Waals surface area (Å²) in [6.07, 6.45) is 0. The Bertz CT molecular complexity index is 544. The van der Waals surface area contributed by atoms with Gasteiger partial charge in [-0.2, -0.15) is 0 Å². The Morgan fingerprint density at radius 3 is 2.83 bits per heavy atom. The smallest absolute Gasteiger partial charge is 0.128 e. The molecule has 1 N–H and O–H groups in total. The summed E-state index contributed by atoms with van der Waals surface area (Å²) in [5, 5.41) is 5.81. The Morgan fingerprint density at radius 1 is 1.44 bits per heavy atom. The molecule has 18 heavy (non-hydrogen) atoms. The van der Waals surface area contributed by atoms with Gasteiger partial charge >= 0.3 is 0 Å². The summed E-state index contributed by atoms with van der Waals surface area (Å²) in [5.74, 6) is -0.245. The van der Waals surface area contributed by atoms with Crippen molar-refractivity contribution in [2.45, 2.75) is 13.0 Å². The lowest BCUT2D eigenvalue weighted by atomic mass is 10.0. The maximum Gasteiger partial charge on any atom is 0.128 e. The van der Waals surface area contributed by atoms with Crippen LogP contribution in [-0.2, 0) is 0 Å². The minimum Gasteiger partial charge on any atom is -0.306 e. The molecule has 0 radical (unpaired) electrons. The van der Waals surface area contributed by atoms with E-state index >= 15 is 0 Å². The summed E-state index contributed by atoms with van der Waals surface area (Å²) in [6, 6.07) is 6.43. The van der Waals surface area contributed by atoms with Crippen LogP contribution in [0, 0.1) is 5.82 Å². The summed E-state index contributed by atoms with van der Waals surface area (Å²) in [4.78, 5) is 1.05. The van der Waals surface area contributed by atoms with Gasteiger partial charge in [0, 0.05) is 19.9 Å². The first-order chi connectivity index (χ1) is 8.63. The molecule has 1 atom stereocenters. The highest BCUT2D eigenvalue weighted by Gasteiger charge is 2.20. The van der Waals surface area contributed by atoms with Gasteiger partial charge in [-0.3, -0.25) is 0 Å². The van der Waals surface area contributed by atoms with Gasteiger partial charge in [-0.05, 0) is 52.1 Å². The molecule has 1 unspecified atom stereocenters. The fourth-order valence-corrected chi connectivity index (χ4v) is 3.67. The number of halogens is 3. The number of hydrogen-bond donors (Lipinski definition) is 1. The van der Waals surface area contributed by atoms with Crippen molar-refractivity contribution >= 4 is 38.9 Å². The van der Waals surface area contributed by atoms with Gasteiger partial charge in [0.25, 0.3) is 0 Å². The van der Waals surface area contributed by atoms with Gasteiger partial charge < -0.3 is 5.32 Å². The highest BCUT2D eigenvalue weighted by molar-refractivity contribution is 9.10. The predicted molar refractivity (Wildman–Crippen MR) is 78.9 cm³/mol. The molecule has 0 bridgehead atoms. The predicted octanol–water partition coefficient (Wildman–Crippen LogP) is 5.00. The number of nitrogens with one attached hydrogen (secondary N) is 1. The normalized spacial score (nSPS) is 12.7. The van der Waals surface area contributed by atoms with Crippen molar-refractivity contribution < 1.29 is 4.39 Å². The second-order valence-electron chi connectivity index (χ2n) is 3.79. The second-order valence-corrected chi connectivity index (χ2v) is 6.03. The SMILES string of the molecule is CCNC(c1cc(Cl)ccc1F)c1sccc1Br. The van der Waals surface area contributed by atoms with Crippen molar-refractivity contribution in [3.8, 4) is 0 Å². The van der Waals surface area contributed by atoms with Crippen molar-refractivity contribution in [1.82, 2.24) is 5.32 Å². The van der Waals surface area contributed by atoms with Gasteiger partial charge in [-0.1, -0.05) is 18.5 Å². The maximum absolute atomic E-state index is 14.0. The topological polar surface area (TPSA) is 12.0 Å². The average molecular weight is 349 g/mol. The summed E-state index contributed by atoms with van der Waals surface area (Å²) >= 11 is 11.0. The first-order valence-electron chi connectivity index (χ1n) is 5.54. The third-order valence-electron chi connectivity index (χ3n) is 2.58. The highest BCUT2D eigenvalue weighted by Crippen LogP contribution is 2.35. The standard InChI is InChI=1S/C13H12BrClFNS/c1-2-17-12(13-10(14)5-6-18-13)9-7-8(15)3-4-11(9)16/h3-7,12,17H,2H2,1H3. The van der Waals surface area contributed by atoms with Gasteiger partial charge in [0.15, 0.2) is 0 Å². The Balaban J connectivity index is 2.48. The van der Waals surface area contributed by atoms with Crippen molar-refractivity contribution in [2.24, 2.45) is 0 Å². The van der Waals surface area contributed by atoms with E-state index < -0.39 is 0 Å². The first kappa shape index (κ1) is 14.0. The van der Waals surface area contributed by atoms with Crippen LogP contribution < -0.4 is 5.32 Å². The molecular formula is C13H12BrClFNS. The number of rotatable bonds is 4. The molecule has 0 fully saturated rings. The van der Waals surface area contributed by atoms with Crippen molar-refractivity contribution in [3.63, 3.8) is 0 Å². The quantitative estimate of drug-likeness (QED) is 0.819. The van der Waals surface area contributed by atoms with Gasteiger partial charge in [0.05, 0.1) is 6.04 Å². The fraction of sp³-hybridized carbons (Fsp3) is 0.231. The Kier molecular flexibility index (Phi) is 4.78. The van der Waals surface area contributed by atoms with Crippen molar-refractivity contribution in [2.75, 3.05) is 6.54 Å². The van der Waals surface area contributed by atoms with Gasteiger partial charge in [-0.15, -0.1) is 11.3 Å². The third-order valence-corrected chi connectivity index (χ3v) is 4.76. The molecule has 5 heteroatoms. The van der Waals surface area contributed by atoms with E-state index in [1.54, 1.807) is 23.5 Å². The zero-order valence-corrected chi connectivity index (χ0v) is 12.9. The Morgan fingerprint density at radius 2 is 2.22 bits per heavy atom. The Hall–Kier alpha value is -0.420. The molecule has 96 valence electrons. The molecule has 2 aromatic rings. The third kappa shape index (κ3) is 2.94. The minimum atomic E-state index is -0.245. The maximum atomic E-state index is 14.0.